The lowest BCUT2D eigenvalue weighted by Crippen LogP contribution is -2.03. The minimum absolute atomic E-state index is 0.608. The number of aromatic nitrogens is 1. The normalized spacial score (nSPS) is 19.1. The van der Waals surface area contributed by atoms with Crippen LogP contribution in [0.25, 0.3) is 11.3 Å². The molecule has 3 rings (SSSR count). The first kappa shape index (κ1) is 8.46. The van der Waals surface area contributed by atoms with Crippen molar-refractivity contribution in [1.29, 1.82) is 0 Å². The fraction of sp³-hybridized carbons (Fsp3) is 0.312. The first-order chi connectivity index (χ1) is 9.08. The van der Waals surface area contributed by atoms with E-state index in [0.29, 0.717) is 6.42 Å². The molecule has 17 heavy (non-hydrogen) atoms. The van der Waals surface area contributed by atoms with Gasteiger partial charge in [0.15, 0.2) is 0 Å². The van der Waals surface area contributed by atoms with Crippen molar-refractivity contribution in [1.82, 2.24) is 4.98 Å². The van der Waals surface area contributed by atoms with Crippen molar-refractivity contribution >= 4 is 0 Å². The second-order valence-corrected chi connectivity index (χ2v) is 4.57. The van der Waals surface area contributed by atoms with E-state index < -0.39 is 6.37 Å². The molecule has 0 amide bonds. The maximum Gasteiger partial charge on any atom is 0.0707 e. The van der Waals surface area contributed by atoms with E-state index in [1.807, 2.05) is 30.5 Å². The van der Waals surface area contributed by atoms with Crippen molar-refractivity contribution in [3.63, 3.8) is 0 Å². The van der Waals surface area contributed by atoms with E-state index in [-0.39, 0.29) is 0 Å². The molecule has 1 heterocycles. The quantitative estimate of drug-likeness (QED) is 0.716. The molecule has 0 fully saturated rings. The molecule has 0 saturated heterocycles. The van der Waals surface area contributed by atoms with Gasteiger partial charge in [-0.25, -0.2) is 0 Å². The summed E-state index contributed by atoms with van der Waals surface area (Å²) < 4.78 is 16.3. The van der Waals surface area contributed by atoms with Crippen LogP contribution >= 0.6 is 0 Å². The third kappa shape index (κ3) is 1.97. The van der Waals surface area contributed by atoms with Gasteiger partial charge in [-0.2, -0.15) is 0 Å². The molecular formula is C16H17N. The Morgan fingerprint density at radius 1 is 1.18 bits per heavy atom. The Morgan fingerprint density at radius 3 is 2.94 bits per heavy atom. The Bertz CT molecular complexity index is 620. The lowest BCUT2D eigenvalue weighted by atomic mass is 9.91. The largest absolute Gasteiger partial charge is 0.256 e. The van der Waals surface area contributed by atoms with Crippen molar-refractivity contribution in [3.8, 4) is 11.3 Å². The van der Waals surface area contributed by atoms with Crippen LogP contribution in [0.3, 0.4) is 0 Å². The van der Waals surface area contributed by atoms with E-state index in [4.69, 9.17) is 2.74 Å². The molecule has 0 radical (unpaired) electrons. The minimum atomic E-state index is -1.21. The molecule has 0 unspecified atom stereocenters. The average Bonchev–Trinajstić information content (AvgIpc) is 2.39. The van der Waals surface area contributed by atoms with E-state index in [9.17, 15) is 0 Å². The van der Waals surface area contributed by atoms with Gasteiger partial charge in [-0.15, -0.1) is 0 Å². The van der Waals surface area contributed by atoms with Gasteiger partial charge in [0.05, 0.1) is 5.69 Å². The van der Waals surface area contributed by atoms with Gasteiger partial charge in [-0.05, 0) is 55.3 Å². The molecule has 1 heteroatoms. The maximum atomic E-state index is 8.16. The van der Waals surface area contributed by atoms with Gasteiger partial charge < -0.3 is 0 Å². The standard InChI is InChI=1S/C16H17N/c1-12-6-2-5-9-15(12)16-10-13-7-3-4-8-14(13)11-17-16/h2,5-6,9-11H,3-4,7-8H2,1H3/i7D2. The Kier molecular flexibility index (Phi) is 2.15. The van der Waals surface area contributed by atoms with Crippen LogP contribution < -0.4 is 0 Å². The van der Waals surface area contributed by atoms with Crippen LogP contribution in [0.1, 0.15) is 32.3 Å². The Hall–Kier alpha value is -1.63. The minimum Gasteiger partial charge on any atom is -0.256 e. The maximum absolute atomic E-state index is 8.16. The summed E-state index contributed by atoms with van der Waals surface area (Å²) in [5, 5.41) is 0. The van der Waals surface area contributed by atoms with E-state index in [1.165, 1.54) is 5.56 Å². The number of rotatable bonds is 1. The van der Waals surface area contributed by atoms with Crippen LogP contribution in [0.2, 0.25) is 0 Å². The predicted molar refractivity (Wildman–Crippen MR) is 71.1 cm³/mol. The fourth-order valence-electron chi connectivity index (χ4n) is 2.36. The third-order valence-electron chi connectivity index (χ3n) is 3.35. The zero-order valence-electron chi connectivity index (χ0n) is 12.0. The van der Waals surface area contributed by atoms with E-state index in [0.717, 1.165) is 35.2 Å². The Morgan fingerprint density at radius 2 is 2.06 bits per heavy atom. The van der Waals surface area contributed by atoms with Crippen LogP contribution in [0.5, 0.6) is 0 Å². The zero-order chi connectivity index (χ0) is 13.5. The average molecular weight is 225 g/mol. The second kappa shape index (κ2) is 4.33. The van der Waals surface area contributed by atoms with E-state index >= 15 is 0 Å². The zero-order valence-corrected chi connectivity index (χ0v) is 10.0. The SMILES string of the molecule is [2H]C1([2H])CCCc2cnc(-c3ccccc3C)cc21. The molecule has 1 aliphatic carbocycles. The number of aryl methyl sites for hydroxylation is 3. The molecule has 0 saturated carbocycles. The van der Waals surface area contributed by atoms with Gasteiger partial charge in [0.1, 0.15) is 0 Å². The van der Waals surface area contributed by atoms with Crippen molar-refractivity contribution < 1.29 is 2.74 Å². The van der Waals surface area contributed by atoms with Gasteiger partial charge >= 0.3 is 0 Å². The van der Waals surface area contributed by atoms with Crippen LogP contribution in [0.4, 0.5) is 0 Å². The smallest absolute Gasteiger partial charge is 0.0707 e. The lowest BCUT2D eigenvalue weighted by molar-refractivity contribution is 0.682. The highest BCUT2D eigenvalue weighted by molar-refractivity contribution is 5.64. The molecule has 1 aromatic carbocycles. The molecule has 0 bridgehead atoms. The molecule has 0 N–H and O–H groups in total. The number of hydrogen-bond donors (Lipinski definition) is 0. The first-order valence-corrected chi connectivity index (χ1v) is 6.13. The fourth-order valence-corrected chi connectivity index (χ4v) is 2.36. The molecule has 1 aromatic heterocycles. The molecule has 0 atom stereocenters. The first-order valence-electron chi connectivity index (χ1n) is 7.13. The highest BCUT2D eigenvalue weighted by atomic mass is 14.7. The van der Waals surface area contributed by atoms with Crippen LogP contribution in [-0.2, 0) is 12.8 Å². The monoisotopic (exact) mass is 225 g/mol. The Balaban J connectivity index is 2.14. The van der Waals surface area contributed by atoms with Crippen molar-refractivity contribution in [2.75, 3.05) is 0 Å². The number of fused-ring (bicyclic) bond motifs is 1. The molecule has 2 aromatic rings. The molecule has 1 nitrogen and oxygen atoms in total. The summed E-state index contributed by atoms with van der Waals surface area (Å²) in [6, 6.07) is 10.1. The number of nitrogens with zero attached hydrogens (tertiary/aromatic N) is 1. The van der Waals surface area contributed by atoms with Gasteiger partial charge in [0, 0.05) is 14.5 Å². The van der Waals surface area contributed by atoms with Gasteiger partial charge in [0.2, 0.25) is 0 Å². The summed E-state index contributed by atoms with van der Waals surface area (Å²) in [4.78, 5) is 4.52. The molecule has 1 aliphatic rings. The summed E-state index contributed by atoms with van der Waals surface area (Å²) in [6.45, 7) is 2.06. The number of pyridine rings is 1. The lowest BCUT2D eigenvalue weighted by Gasteiger charge is -2.16. The van der Waals surface area contributed by atoms with Crippen LogP contribution in [-0.4, -0.2) is 4.98 Å². The molecular weight excluding hydrogens is 206 g/mol. The second-order valence-electron chi connectivity index (χ2n) is 4.57. The van der Waals surface area contributed by atoms with Gasteiger partial charge in [-0.1, -0.05) is 24.3 Å². The van der Waals surface area contributed by atoms with E-state index in [1.54, 1.807) is 0 Å². The highest BCUT2D eigenvalue weighted by Crippen LogP contribution is 2.26. The third-order valence-corrected chi connectivity index (χ3v) is 3.35. The number of hydrogen-bond acceptors (Lipinski definition) is 1. The summed E-state index contributed by atoms with van der Waals surface area (Å²) in [5.41, 5.74) is 5.03. The van der Waals surface area contributed by atoms with Gasteiger partial charge in [0.25, 0.3) is 0 Å². The van der Waals surface area contributed by atoms with Crippen molar-refractivity contribution in [2.24, 2.45) is 0 Å². The summed E-state index contributed by atoms with van der Waals surface area (Å²) in [6.07, 6.45) is 3.10. The predicted octanol–water partition coefficient (Wildman–Crippen LogP) is 3.94. The molecule has 86 valence electrons. The van der Waals surface area contributed by atoms with Crippen molar-refractivity contribution in [3.05, 3.63) is 53.2 Å². The highest BCUT2D eigenvalue weighted by Gasteiger charge is 2.11. The summed E-state index contributed by atoms with van der Waals surface area (Å²) >= 11 is 0. The molecule has 0 aliphatic heterocycles. The summed E-state index contributed by atoms with van der Waals surface area (Å²) in [7, 11) is 0. The van der Waals surface area contributed by atoms with E-state index in [2.05, 4.69) is 18.0 Å². The van der Waals surface area contributed by atoms with Gasteiger partial charge in [-0.3, -0.25) is 4.98 Å². The van der Waals surface area contributed by atoms with Crippen LogP contribution in [0, 0.1) is 6.92 Å². The van der Waals surface area contributed by atoms with Crippen LogP contribution in [0.15, 0.2) is 36.5 Å². The summed E-state index contributed by atoms with van der Waals surface area (Å²) in [5.74, 6) is 0. The Labute approximate surface area is 105 Å². The van der Waals surface area contributed by atoms with Crippen molar-refractivity contribution in [2.45, 2.75) is 32.6 Å². The number of benzene rings is 1. The molecule has 0 spiro atoms. The topological polar surface area (TPSA) is 12.9 Å².